The standard InChI is InChI=1S/C19H26N2O5/c1-19(2,10-9-18(24)25)21-17(23)4-3-11-26-14-6-7-15-13(12-14)5-8-16(22)20-15/h6-7,12H,3-5,8-11H2,1-2H3,(H,20,22)(H,21,23)(H,24,25). The number of amides is 2. The van der Waals surface area contributed by atoms with Crippen LogP contribution in [0.1, 0.15) is 51.5 Å². The number of hydrogen-bond donors (Lipinski definition) is 3. The van der Waals surface area contributed by atoms with Crippen molar-refractivity contribution in [3.63, 3.8) is 0 Å². The molecule has 1 aliphatic heterocycles. The first-order valence-corrected chi connectivity index (χ1v) is 8.83. The molecule has 7 nitrogen and oxygen atoms in total. The summed E-state index contributed by atoms with van der Waals surface area (Å²) >= 11 is 0. The third-order valence-electron chi connectivity index (χ3n) is 4.23. The van der Waals surface area contributed by atoms with Crippen LogP contribution in [0.15, 0.2) is 18.2 Å². The Morgan fingerprint density at radius 1 is 1.27 bits per heavy atom. The Morgan fingerprint density at radius 3 is 2.77 bits per heavy atom. The van der Waals surface area contributed by atoms with E-state index in [9.17, 15) is 14.4 Å². The number of ether oxygens (including phenoxy) is 1. The van der Waals surface area contributed by atoms with E-state index in [-0.39, 0.29) is 18.2 Å². The molecular formula is C19H26N2O5. The minimum atomic E-state index is -0.870. The largest absolute Gasteiger partial charge is 0.494 e. The number of carboxylic acids is 1. The molecule has 1 aromatic rings. The van der Waals surface area contributed by atoms with Crippen LogP contribution in [0.3, 0.4) is 0 Å². The smallest absolute Gasteiger partial charge is 0.303 e. The van der Waals surface area contributed by atoms with Crippen molar-refractivity contribution in [3.8, 4) is 5.75 Å². The van der Waals surface area contributed by atoms with Crippen molar-refractivity contribution in [1.29, 1.82) is 0 Å². The number of benzene rings is 1. The van der Waals surface area contributed by atoms with E-state index in [2.05, 4.69) is 10.6 Å². The van der Waals surface area contributed by atoms with E-state index in [1.807, 2.05) is 26.0 Å². The molecule has 0 radical (unpaired) electrons. The van der Waals surface area contributed by atoms with E-state index in [1.54, 1.807) is 6.07 Å². The second-order valence-electron chi connectivity index (χ2n) is 7.14. The normalized spacial score (nSPS) is 13.5. The number of hydrogen-bond acceptors (Lipinski definition) is 4. The Morgan fingerprint density at radius 2 is 2.04 bits per heavy atom. The molecule has 0 spiro atoms. The summed E-state index contributed by atoms with van der Waals surface area (Å²) in [4.78, 5) is 34.0. The molecule has 0 saturated carbocycles. The van der Waals surface area contributed by atoms with Gasteiger partial charge >= 0.3 is 5.97 Å². The average Bonchev–Trinajstić information content (AvgIpc) is 2.56. The Kier molecular flexibility index (Phi) is 6.60. The first kappa shape index (κ1) is 19.8. The molecule has 3 N–H and O–H groups in total. The lowest BCUT2D eigenvalue weighted by molar-refractivity contribution is -0.137. The third kappa shape index (κ3) is 6.38. The van der Waals surface area contributed by atoms with Crippen LogP contribution >= 0.6 is 0 Å². The summed E-state index contributed by atoms with van der Waals surface area (Å²) in [6.45, 7) is 4.04. The predicted molar refractivity (Wildman–Crippen MR) is 97.2 cm³/mol. The zero-order valence-electron chi connectivity index (χ0n) is 15.3. The highest BCUT2D eigenvalue weighted by Crippen LogP contribution is 2.26. The molecule has 0 atom stereocenters. The maximum Gasteiger partial charge on any atom is 0.303 e. The average molecular weight is 362 g/mol. The van der Waals surface area contributed by atoms with Crippen molar-refractivity contribution >= 4 is 23.5 Å². The zero-order chi connectivity index (χ0) is 19.2. The minimum Gasteiger partial charge on any atom is -0.494 e. The van der Waals surface area contributed by atoms with E-state index in [0.717, 1.165) is 17.0 Å². The van der Waals surface area contributed by atoms with E-state index < -0.39 is 11.5 Å². The Bertz CT molecular complexity index is 685. The summed E-state index contributed by atoms with van der Waals surface area (Å²) in [5, 5.41) is 14.4. The zero-order valence-corrected chi connectivity index (χ0v) is 15.3. The minimum absolute atomic E-state index is 0.0230. The summed E-state index contributed by atoms with van der Waals surface area (Å²) in [5.41, 5.74) is 1.34. The summed E-state index contributed by atoms with van der Waals surface area (Å²) in [7, 11) is 0. The van der Waals surface area contributed by atoms with Gasteiger partial charge in [0.2, 0.25) is 11.8 Å². The van der Waals surface area contributed by atoms with Crippen LogP contribution in [-0.4, -0.2) is 35.0 Å². The number of nitrogens with one attached hydrogen (secondary N) is 2. The molecule has 142 valence electrons. The summed E-state index contributed by atoms with van der Waals surface area (Å²) in [5.74, 6) is -0.229. The van der Waals surface area contributed by atoms with E-state index in [4.69, 9.17) is 9.84 Å². The number of anilines is 1. The van der Waals surface area contributed by atoms with E-state index in [1.165, 1.54) is 0 Å². The van der Waals surface area contributed by atoms with Crippen molar-refractivity contribution in [2.24, 2.45) is 0 Å². The van der Waals surface area contributed by atoms with Gasteiger partial charge in [-0.1, -0.05) is 0 Å². The number of aliphatic carboxylic acids is 1. The van der Waals surface area contributed by atoms with Gasteiger partial charge in [0.1, 0.15) is 5.75 Å². The van der Waals surface area contributed by atoms with Gasteiger partial charge < -0.3 is 20.5 Å². The molecular weight excluding hydrogens is 336 g/mol. The topological polar surface area (TPSA) is 105 Å². The van der Waals surface area contributed by atoms with Crippen molar-refractivity contribution in [2.45, 2.75) is 57.9 Å². The maximum absolute atomic E-state index is 12.0. The van der Waals surface area contributed by atoms with E-state index in [0.29, 0.717) is 38.7 Å². The van der Waals surface area contributed by atoms with Crippen molar-refractivity contribution in [1.82, 2.24) is 5.32 Å². The lowest BCUT2D eigenvalue weighted by Crippen LogP contribution is -2.43. The fraction of sp³-hybridized carbons (Fsp3) is 0.526. The molecule has 0 aromatic heterocycles. The fourth-order valence-electron chi connectivity index (χ4n) is 2.79. The molecule has 1 aromatic carbocycles. The molecule has 2 amide bonds. The van der Waals surface area contributed by atoms with Crippen LogP contribution in [0, 0.1) is 0 Å². The Labute approximate surface area is 153 Å². The molecule has 0 saturated heterocycles. The number of rotatable bonds is 9. The Balaban J connectivity index is 1.71. The molecule has 0 unspecified atom stereocenters. The third-order valence-corrected chi connectivity index (χ3v) is 4.23. The summed E-state index contributed by atoms with van der Waals surface area (Å²) in [6, 6.07) is 5.56. The lowest BCUT2D eigenvalue weighted by atomic mass is 9.98. The van der Waals surface area contributed by atoms with Crippen molar-refractivity contribution < 1.29 is 24.2 Å². The van der Waals surface area contributed by atoms with Crippen molar-refractivity contribution in [3.05, 3.63) is 23.8 Å². The number of fused-ring (bicyclic) bond motifs is 1. The van der Waals surface area contributed by atoms with Crippen LogP contribution in [0.4, 0.5) is 5.69 Å². The SMILES string of the molecule is CC(C)(CCC(=O)O)NC(=O)CCCOc1ccc2c(c1)CCC(=O)N2. The van der Waals surface area contributed by atoms with E-state index >= 15 is 0 Å². The van der Waals surface area contributed by atoms with Gasteiger partial charge in [0.05, 0.1) is 6.61 Å². The van der Waals surface area contributed by atoms with Gasteiger partial charge in [0, 0.05) is 30.5 Å². The van der Waals surface area contributed by atoms with Gasteiger partial charge in [-0.15, -0.1) is 0 Å². The van der Waals surface area contributed by atoms with Crippen LogP contribution < -0.4 is 15.4 Å². The van der Waals surface area contributed by atoms with Crippen LogP contribution in [-0.2, 0) is 20.8 Å². The molecule has 26 heavy (non-hydrogen) atoms. The van der Waals surface area contributed by atoms with Gasteiger partial charge in [-0.3, -0.25) is 14.4 Å². The summed E-state index contributed by atoms with van der Waals surface area (Å²) < 4.78 is 5.69. The van der Waals surface area contributed by atoms with Crippen LogP contribution in [0.5, 0.6) is 5.75 Å². The Hall–Kier alpha value is -2.57. The summed E-state index contributed by atoms with van der Waals surface area (Å²) in [6.07, 6.45) is 2.47. The molecule has 2 rings (SSSR count). The molecule has 1 aliphatic rings. The van der Waals surface area contributed by atoms with Crippen LogP contribution in [0.25, 0.3) is 0 Å². The first-order valence-electron chi connectivity index (χ1n) is 8.83. The number of carbonyl (C=O) groups excluding carboxylic acids is 2. The monoisotopic (exact) mass is 362 g/mol. The second-order valence-corrected chi connectivity index (χ2v) is 7.14. The first-order chi connectivity index (χ1) is 12.2. The highest BCUT2D eigenvalue weighted by atomic mass is 16.5. The quantitative estimate of drug-likeness (QED) is 0.586. The number of aryl methyl sites for hydroxylation is 1. The molecule has 7 heteroatoms. The molecule has 0 fully saturated rings. The van der Waals surface area contributed by atoms with Gasteiger partial charge in [-0.2, -0.15) is 0 Å². The number of carbonyl (C=O) groups is 3. The highest BCUT2D eigenvalue weighted by Gasteiger charge is 2.21. The van der Waals surface area contributed by atoms with Gasteiger partial charge in [-0.05, 0) is 56.9 Å². The fourth-order valence-corrected chi connectivity index (χ4v) is 2.79. The van der Waals surface area contributed by atoms with Gasteiger partial charge in [0.15, 0.2) is 0 Å². The van der Waals surface area contributed by atoms with Crippen molar-refractivity contribution in [2.75, 3.05) is 11.9 Å². The van der Waals surface area contributed by atoms with Crippen LogP contribution in [0.2, 0.25) is 0 Å². The number of carboxylic acid groups (broad SMARTS) is 1. The second kappa shape index (κ2) is 8.69. The molecule has 1 heterocycles. The van der Waals surface area contributed by atoms with Gasteiger partial charge in [-0.25, -0.2) is 0 Å². The highest BCUT2D eigenvalue weighted by molar-refractivity contribution is 5.94. The molecule has 0 bridgehead atoms. The maximum atomic E-state index is 12.0. The lowest BCUT2D eigenvalue weighted by Gasteiger charge is -2.25. The van der Waals surface area contributed by atoms with Gasteiger partial charge in [0.25, 0.3) is 0 Å². The predicted octanol–water partition coefficient (Wildman–Crippen LogP) is 2.49. The molecule has 0 aliphatic carbocycles.